The average molecular weight is 423 g/mol. The van der Waals surface area contributed by atoms with Crippen LogP contribution in [0.25, 0.3) is 22.4 Å². The van der Waals surface area contributed by atoms with E-state index in [0.29, 0.717) is 11.2 Å². The van der Waals surface area contributed by atoms with Gasteiger partial charge in [-0.05, 0) is 18.2 Å². The molecule has 30 heavy (non-hydrogen) atoms. The summed E-state index contributed by atoms with van der Waals surface area (Å²) in [5.74, 6) is -0.730. The van der Waals surface area contributed by atoms with E-state index in [2.05, 4.69) is 19.9 Å². The van der Waals surface area contributed by atoms with Gasteiger partial charge in [-0.25, -0.2) is 19.3 Å². The van der Waals surface area contributed by atoms with Gasteiger partial charge >= 0.3 is 6.18 Å². The molecule has 2 atom stereocenters. The quantitative estimate of drug-likeness (QED) is 0.553. The Morgan fingerprint density at radius 2 is 2.13 bits per heavy atom. The Hall–Kier alpha value is -3.28. The summed E-state index contributed by atoms with van der Waals surface area (Å²) < 4.78 is 51.7. The van der Waals surface area contributed by atoms with Crippen molar-refractivity contribution in [3.05, 3.63) is 36.8 Å². The van der Waals surface area contributed by atoms with Crippen LogP contribution in [0.2, 0.25) is 0 Å². The number of nitrogens with zero attached hydrogens (tertiary/aromatic N) is 4. The highest BCUT2D eigenvalue weighted by Crippen LogP contribution is 2.33. The Bertz CT molecular complexity index is 1090. The van der Waals surface area contributed by atoms with Gasteiger partial charge < -0.3 is 20.9 Å². The van der Waals surface area contributed by atoms with Crippen molar-refractivity contribution < 1.29 is 22.4 Å². The van der Waals surface area contributed by atoms with E-state index in [1.807, 2.05) is 6.07 Å². The molecule has 0 saturated carbocycles. The molecular formula is C18H17F4N7O. The molecule has 4 rings (SSSR count). The van der Waals surface area contributed by atoms with Crippen LogP contribution in [-0.4, -0.2) is 56.9 Å². The van der Waals surface area contributed by atoms with Gasteiger partial charge in [0.05, 0.1) is 6.54 Å². The first-order valence-corrected chi connectivity index (χ1v) is 8.98. The third kappa shape index (κ3) is 3.65. The molecule has 12 heteroatoms. The Morgan fingerprint density at radius 1 is 1.33 bits per heavy atom. The van der Waals surface area contributed by atoms with E-state index in [1.54, 1.807) is 23.8 Å². The number of carbonyl (C=O) groups is 1. The number of amides is 1. The SMILES string of the molecule is N[C@]1(C(=O)NCC(F)(F)F)C[C@@H](F)CN1c1ccnc(-c2c[nH]c3ncccc23)n1. The van der Waals surface area contributed by atoms with E-state index in [4.69, 9.17) is 5.73 Å². The number of carbonyl (C=O) groups excluding carboxylic acids is 1. The molecule has 1 saturated heterocycles. The zero-order valence-corrected chi connectivity index (χ0v) is 15.4. The van der Waals surface area contributed by atoms with Crippen LogP contribution in [-0.2, 0) is 4.79 Å². The summed E-state index contributed by atoms with van der Waals surface area (Å²) in [4.78, 5) is 29.4. The molecule has 0 aliphatic carbocycles. The lowest BCUT2D eigenvalue weighted by Crippen LogP contribution is -2.63. The predicted molar refractivity (Wildman–Crippen MR) is 100.0 cm³/mol. The maximum absolute atomic E-state index is 14.2. The molecule has 0 radical (unpaired) electrons. The standard InChI is InChI=1S/C18H17F4N7O/c19-10-6-17(23,16(30)27-9-18(20,21)22)29(8-10)13-3-5-25-15(28-13)12-7-26-14-11(12)2-1-4-24-14/h1-5,7,10H,6,8-9,23H2,(H,24,26)(H,27,30)/t10-,17-/m1/s1. The van der Waals surface area contributed by atoms with Gasteiger partial charge in [-0.2, -0.15) is 13.2 Å². The van der Waals surface area contributed by atoms with Crippen LogP contribution in [0.15, 0.2) is 36.8 Å². The molecule has 3 aromatic rings. The minimum Gasteiger partial charge on any atom is -0.345 e. The molecule has 0 spiro atoms. The molecule has 8 nitrogen and oxygen atoms in total. The van der Waals surface area contributed by atoms with Gasteiger partial charge in [0, 0.05) is 36.0 Å². The summed E-state index contributed by atoms with van der Waals surface area (Å²) in [5, 5.41) is 2.49. The van der Waals surface area contributed by atoms with Crippen molar-refractivity contribution in [1.82, 2.24) is 25.3 Å². The number of aromatic nitrogens is 4. The summed E-state index contributed by atoms with van der Waals surface area (Å²) in [6.07, 6.45) is -1.91. The van der Waals surface area contributed by atoms with Crippen molar-refractivity contribution in [2.75, 3.05) is 18.0 Å². The van der Waals surface area contributed by atoms with Gasteiger partial charge in [-0.15, -0.1) is 0 Å². The number of rotatable bonds is 4. The van der Waals surface area contributed by atoms with E-state index in [0.717, 1.165) is 5.39 Å². The number of hydrogen-bond acceptors (Lipinski definition) is 6. The summed E-state index contributed by atoms with van der Waals surface area (Å²) in [7, 11) is 0. The van der Waals surface area contributed by atoms with E-state index < -0.39 is 36.9 Å². The van der Waals surface area contributed by atoms with Crippen LogP contribution >= 0.6 is 0 Å². The Kier molecular flexibility index (Phi) is 4.80. The van der Waals surface area contributed by atoms with Crippen molar-refractivity contribution in [3.8, 4) is 11.4 Å². The smallest absolute Gasteiger partial charge is 0.345 e. The van der Waals surface area contributed by atoms with Gasteiger partial charge in [0.15, 0.2) is 11.5 Å². The number of aromatic amines is 1. The molecular weight excluding hydrogens is 406 g/mol. The minimum absolute atomic E-state index is 0.128. The highest BCUT2D eigenvalue weighted by Gasteiger charge is 2.50. The topological polar surface area (TPSA) is 113 Å². The molecule has 4 N–H and O–H groups in total. The second-order valence-electron chi connectivity index (χ2n) is 6.97. The fourth-order valence-corrected chi connectivity index (χ4v) is 3.49. The van der Waals surface area contributed by atoms with Gasteiger partial charge in [0.25, 0.3) is 5.91 Å². The first-order chi connectivity index (χ1) is 14.2. The fraction of sp³-hybridized carbons (Fsp3) is 0.333. The molecule has 0 unspecified atom stereocenters. The van der Waals surface area contributed by atoms with Crippen LogP contribution in [0, 0.1) is 0 Å². The maximum atomic E-state index is 14.2. The van der Waals surface area contributed by atoms with Crippen LogP contribution < -0.4 is 16.0 Å². The summed E-state index contributed by atoms with van der Waals surface area (Å²) in [5.41, 5.74) is 5.31. The van der Waals surface area contributed by atoms with Crippen LogP contribution in [0.1, 0.15) is 6.42 Å². The normalized spacial score (nSPS) is 21.9. The zero-order chi connectivity index (χ0) is 21.5. The molecule has 1 amide bonds. The Morgan fingerprint density at radius 3 is 2.90 bits per heavy atom. The van der Waals surface area contributed by atoms with Gasteiger partial charge in [0.2, 0.25) is 0 Å². The molecule has 0 aromatic carbocycles. The number of nitrogens with one attached hydrogen (secondary N) is 2. The first-order valence-electron chi connectivity index (χ1n) is 8.98. The Balaban J connectivity index is 1.67. The number of hydrogen-bond donors (Lipinski definition) is 3. The lowest BCUT2D eigenvalue weighted by molar-refractivity contribution is -0.141. The van der Waals surface area contributed by atoms with Crippen molar-refractivity contribution >= 4 is 22.8 Å². The number of pyridine rings is 1. The van der Waals surface area contributed by atoms with Gasteiger partial charge in [0.1, 0.15) is 24.2 Å². The average Bonchev–Trinajstić information content (AvgIpc) is 3.27. The number of H-pyrrole nitrogens is 1. The highest BCUT2D eigenvalue weighted by molar-refractivity contribution is 5.92. The molecule has 1 aliphatic rings. The number of alkyl halides is 4. The third-order valence-corrected chi connectivity index (χ3v) is 4.85. The first kappa shape index (κ1) is 20.0. The summed E-state index contributed by atoms with van der Waals surface area (Å²) in [6.45, 7) is -1.85. The summed E-state index contributed by atoms with van der Waals surface area (Å²) >= 11 is 0. The summed E-state index contributed by atoms with van der Waals surface area (Å²) in [6, 6.07) is 4.98. The van der Waals surface area contributed by atoms with Crippen molar-refractivity contribution in [3.63, 3.8) is 0 Å². The molecule has 3 aromatic heterocycles. The third-order valence-electron chi connectivity index (χ3n) is 4.85. The molecule has 1 aliphatic heterocycles. The molecule has 0 bridgehead atoms. The van der Waals surface area contributed by atoms with E-state index >= 15 is 0 Å². The zero-order valence-electron chi connectivity index (χ0n) is 15.4. The lowest BCUT2D eigenvalue weighted by atomic mass is 10.1. The van der Waals surface area contributed by atoms with Crippen molar-refractivity contribution in [1.29, 1.82) is 0 Å². The van der Waals surface area contributed by atoms with Crippen LogP contribution in [0.4, 0.5) is 23.4 Å². The van der Waals surface area contributed by atoms with Crippen molar-refractivity contribution in [2.24, 2.45) is 5.73 Å². The molecule has 4 heterocycles. The van der Waals surface area contributed by atoms with E-state index in [9.17, 15) is 22.4 Å². The van der Waals surface area contributed by atoms with Gasteiger partial charge in [-0.3, -0.25) is 4.79 Å². The lowest BCUT2D eigenvalue weighted by Gasteiger charge is -2.34. The number of nitrogens with two attached hydrogens (primary N) is 1. The highest BCUT2D eigenvalue weighted by atomic mass is 19.4. The number of halogens is 4. The minimum atomic E-state index is -4.62. The van der Waals surface area contributed by atoms with Crippen molar-refractivity contribution in [2.45, 2.75) is 24.4 Å². The second-order valence-corrected chi connectivity index (χ2v) is 6.97. The van der Waals surface area contributed by atoms with Crippen LogP contribution in [0.3, 0.4) is 0 Å². The molecule has 1 fully saturated rings. The fourth-order valence-electron chi connectivity index (χ4n) is 3.49. The predicted octanol–water partition coefficient (Wildman–Crippen LogP) is 1.90. The second kappa shape index (κ2) is 7.20. The van der Waals surface area contributed by atoms with Crippen LogP contribution in [0.5, 0.6) is 0 Å². The van der Waals surface area contributed by atoms with E-state index in [1.165, 1.54) is 17.2 Å². The van der Waals surface area contributed by atoms with E-state index in [-0.39, 0.29) is 18.2 Å². The largest absolute Gasteiger partial charge is 0.405 e. The maximum Gasteiger partial charge on any atom is 0.405 e. The van der Waals surface area contributed by atoms with Gasteiger partial charge in [-0.1, -0.05) is 0 Å². The number of anilines is 1. The number of fused-ring (bicyclic) bond motifs is 1. The molecule has 158 valence electrons. The Labute approximate surface area is 167 Å². The monoisotopic (exact) mass is 423 g/mol.